The van der Waals surface area contributed by atoms with Crippen LogP contribution in [-0.2, 0) is 9.53 Å². The molecule has 0 radical (unpaired) electrons. The lowest BCUT2D eigenvalue weighted by molar-refractivity contribution is -0.119. The molecule has 27 heavy (non-hydrogen) atoms. The van der Waals surface area contributed by atoms with E-state index in [4.69, 9.17) is 33.7 Å². The zero-order chi connectivity index (χ0) is 19.4. The Morgan fingerprint density at radius 2 is 1.89 bits per heavy atom. The van der Waals surface area contributed by atoms with Crippen LogP contribution in [0.2, 0.25) is 10.0 Å². The maximum Gasteiger partial charge on any atom is 0.340 e. The lowest BCUT2D eigenvalue weighted by atomic mass is 10.2. The molecule has 0 aliphatic carbocycles. The Morgan fingerprint density at radius 3 is 2.63 bits per heavy atom. The minimum absolute atomic E-state index is 0.0846. The van der Waals surface area contributed by atoms with Gasteiger partial charge in [-0.2, -0.15) is 5.10 Å². The zero-order valence-corrected chi connectivity index (χ0v) is 15.2. The van der Waals surface area contributed by atoms with E-state index in [-0.39, 0.29) is 11.3 Å². The number of aromatic nitrogens is 3. The molecule has 1 amide bonds. The van der Waals surface area contributed by atoms with Gasteiger partial charge in [-0.1, -0.05) is 23.2 Å². The van der Waals surface area contributed by atoms with Crippen molar-refractivity contribution >= 4 is 46.5 Å². The summed E-state index contributed by atoms with van der Waals surface area (Å²) in [6.07, 6.45) is 2.83. The van der Waals surface area contributed by atoms with Crippen LogP contribution in [0.25, 0.3) is 5.69 Å². The molecule has 2 aromatic carbocycles. The number of rotatable bonds is 5. The van der Waals surface area contributed by atoms with Crippen LogP contribution in [0.3, 0.4) is 0 Å². The standard InChI is InChI=1S/C17H13Cl2N5O3/c18-10-1-3-13(20)12(5-10)17(26)27-7-16(25)23-14-6-11(19)2-4-15(14)24-9-21-8-22-24/h1-6,8-9H,7,20H2,(H,23,25). The molecule has 0 fully saturated rings. The van der Waals surface area contributed by atoms with Gasteiger partial charge in [0.25, 0.3) is 5.91 Å². The molecule has 0 saturated carbocycles. The highest BCUT2D eigenvalue weighted by atomic mass is 35.5. The fraction of sp³-hybridized carbons (Fsp3) is 0.0588. The minimum Gasteiger partial charge on any atom is -0.452 e. The first-order valence-electron chi connectivity index (χ1n) is 7.60. The molecular formula is C17H13Cl2N5O3. The largest absolute Gasteiger partial charge is 0.452 e. The molecule has 10 heteroatoms. The third-order valence-electron chi connectivity index (χ3n) is 3.47. The van der Waals surface area contributed by atoms with Crippen LogP contribution >= 0.6 is 23.2 Å². The Hall–Kier alpha value is -3.10. The van der Waals surface area contributed by atoms with E-state index in [0.29, 0.717) is 21.4 Å². The molecular weight excluding hydrogens is 393 g/mol. The van der Waals surface area contributed by atoms with E-state index in [9.17, 15) is 9.59 Å². The van der Waals surface area contributed by atoms with Gasteiger partial charge < -0.3 is 15.8 Å². The van der Waals surface area contributed by atoms with Crippen molar-refractivity contribution in [1.29, 1.82) is 0 Å². The second-order valence-corrected chi connectivity index (χ2v) is 6.23. The molecule has 3 rings (SSSR count). The fourth-order valence-electron chi connectivity index (χ4n) is 2.24. The summed E-state index contributed by atoms with van der Waals surface area (Å²) in [6, 6.07) is 9.27. The third-order valence-corrected chi connectivity index (χ3v) is 3.94. The number of ether oxygens (including phenoxy) is 1. The Balaban J connectivity index is 1.69. The van der Waals surface area contributed by atoms with E-state index >= 15 is 0 Å². The Morgan fingerprint density at radius 1 is 1.15 bits per heavy atom. The average molecular weight is 406 g/mol. The van der Waals surface area contributed by atoms with Crippen molar-refractivity contribution in [1.82, 2.24) is 14.8 Å². The topological polar surface area (TPSA) is 112 Å². The van der Waals surface area contributed by atoms with Gasteiger partial charge in [-0.25, -0.2) is 14.5 Å². The Kier molecular flexibility index (Phi) is 5.58. The van der Waals surface area contributed by atoms with Crippen molar-refractivity contribution in [3.8, 4) is 5.69 Å². The van der Waals surface area contributed by atoms with E-state index in [1.165, 1.54) is 29.5 Å². The number of carbonyl (C=O) groups is 2. The summed E-state index contributed by atoms with van der Waals surface area (Å²) in [5.74, 6) is -1.32. The second-order valence-electron chi connectivity index (χ2n) is 5.36. The third kappa shape index (κ3) is 4.55. The maximum absolute atomic E-state index is 12.2. The number of halogens is 2. The summed E-state index contributed by atoms with van der Waals surface area (Å²) >= 11 is 11.8. The number of nitrogens with two attached hydrogens (primary N) is 1. The Labute approximate surface area is 163 Å². The molecule has 0 unspecified atom stereocenters. The van der Waals surface area contributed by atoms with Gasteiger partial charge in [0, 0.05) is 15.7 Å². The van der Waals surface area contributed by atoms with Crippen LogP contribution < -0.4 is 11.1 Å². The van der Waals surface area contributed by atoms with Crippen molar-refractivity contribution < 1.29 is 14.3 Å². The summed E-state index contributed by atoms with van der Waals surface area (Å²) in [7, 11) is 0. The second kappa shape index (κ2) is 8.07. The molecule has 8 nitrogen and oxygen atoms in total. The number of benzene rings is 2. The van der Waals surface area contributed by atoms with Crippen LogP contribution in [0.1, 0.15) is 10.4 Å². The summed E-state index contributed by atoms with van der Waals surface area (Å²) in [5, 5.41) is 7.39. The number of nitrogens with one attached hydrogen (secondary N) is 1. The van der Waals surface area contributed by atoms with E-state index in [0.717, 1.165) is 0 Å². The molecule has 3 N–H and O–H groups in total. The minimum atomic E-state index is -0.757. The fourth-order valence-corrected chi connectivity index (χ4v) is 2.59. The summed E-state index contributed by atoms with van der Waals surface area (Å²) in [6.45, 7) is -0.520. The smallest absolute Gasteiger partial charge is 0.340 e. The molecule has 1 aromatic heterocycles. The first-order valence-corrected chi connectivity index (χ1v) is 8.36. The van der Waals surface area contributed by atoms with Gasteiger partial charge in [-0.3, -0.25) is 4.79 Å². The number of nitrogens with zero attached hydrogens (tertiary/aromatic N) is 3. The van der Waals surface area contributed by atoms with Crippen LogP contribution in [0.15, 0.2) is 49.1 Å². The number of hydrogen-bond donors (Lipinski definition) is 2. The first kappa shape index (κ1) is 18.7. The summed E-state index contributed by atoms with van der Waals surface area (Å²) < 4.78 is 6.46. The highest BCUT2D eigenvalue weighted by Gasteiger charge is 2.15. The van der Waals surface area contributed by atoms with E-state index < -0.39 is 18.5 Å². The van der Waals surface area contributed by atoms with Gasteiger partial charge in [-0.05, 0) is 36.4 Å². The van der Waals surface area contributed by atoms with Crippen molar-refractivity contribution in [3.63, 3.8) is 0 Å². The van der Waals surface area contributed by atoms with Crippen LogP contribution in [-0.4, -0.2) is 33.2 Å². The lowest BCUT2D eigenvalue weighted by Gasteiger charge is -2.12. The van der Waals surface area contributed by atoms with Crippen LogP contribution in [0, 0.1) is 0 Å². The molecule has 0 bridgehead atoms. The Bertz CT molecular complexity index is 992. The highest BCUT2D eigenvalue weighted by molar-refractivity contribution is 6.31. The highest BCUT2D eigenvalue weighted by Crippen LogP contribution is 2.24. The van der Waals surface area contributed by atoms with Gasteiger partial charge in [0.05, 0.1) is 16.9 Å². The van der Waals surface area contributed by atoms with E-state index in [2.05, 4.69) is 15.4 Å². The molecule has 138 valence electrons. The van der Waals surface area contributed by atoms with E-state index in [1.54, 1.807) is 24.3 Å². The van der Waals surface area contributed by atoms with E-state index in [1.807, 2.05) is 0 Å². The first-order chi connectivity index (χ1) is 12.9. The molecule has 0 saturated heterocycles. The molecule has 0 spiro atoms. The number of hydrogen-bond acceptors (Lipinski definition) is 6. The lowest BCUT2D eigenvalue weighted by Crippen LogP contribution is -2.22. The van der Waals surface area contributed by atoms with Gasteiger partial charge in [0.15, 0.2) is 6.61 Å². The maximum atomic E-state index is 12.2. The van der Waals surface area contributed by atoms with Gasteiger partial charge in [-0.15, -0.1) is 0 Å². The van der Waals surface area contributed by atoms with Gasteiger partial charge in [0.2, 0.25) is 0 Å². The van der Waals surface area contributed by atoms with Gasteiger partial charge in [0.1, 0.15) is 12.7 Å². The molecule has 0 aliphatic rings. The van der Waals surface area contributed by atoms with Gasteiger partial charge >= 0.3 is 5.97 Å². The molecule has 3 aromatic rings. The average Bonchev–Trinajstić information content (AvgIpc) is 3.16. The number of carbonyl (C=O) groups excluding carboxylic acids is 2. The predicted molar refractivity (Wildman–Crippen MR) is 101 cm³/mol. The normalized spacial score (nSPS) is 10.4. The molecule has 0 atom stereocenters. The zero-order valence-electron chi connectivity index (χ0n) is 13.7. The number of anilines is 2. The summed E-state index contributed by atoms with van der Waals surface area (Å²) in [5.41, 5.74) is 6.94. The summed E-state index contributed by atoms with van der Waals surface area (Å²) in [4.78, 5) is 28.2. The quantitative estimate of drug-likeness (QED) is 0.498. The predicted octanol–water partition coefficient (Wildman–Crippen LogP) is 2.95. The number of nitrogen functional groups attached to an aromatic ring is 1. The monoisotopic (exact) mass is 405 g/mol. The van der Waals surface area contributed by atoms with Crippen molar-refractivity contribution in [3.05, 3.63) is 64.7 Å². The van der Waals surface area contributed by atoms with Crippen molar-refractivity contribution in [2.75, 3.05) is 17.7 Å². The molecule has 0 aliphatic heterocycles. The van der Waals surface area contributed by atoms with Crippen LogP contribution in [0.4, 0.5) is 11.4 Å². The van der Waals surface area contributed by atoms with Crippen molar-refractivity contribution in [2.24, 2.45) is 0 Å². The SMILES string of the molecule is Nc1ccc(Cl)cc1C(=O)OCC(=O)Nc1cc(Cl)ccc1-n1cncn1. The van der Waals surface area contributed by atoms with Crippen LogP contribution in [0.5, 0.6) is 0 Å². The molecule has 1 heterocycles. The number of amides is 1. The number of esters is 1. The van der Waals surface area contributed by atoms with Crippen molar-refractivity contribution in [2.45, 2.75) is 0 Å².